The van der Waals surface area contributed by atoms with Crippen LogP contribution in [-0.2, 0) is 30.9 Å². The second-order valence-electron chi connectivity index (χ2n) is 12.8. The summed E-state index contributed by atoms with van der Waals surface area (Å²) in [4.78, 5) is 19.7. The molecule has 43 heavy (non-hydrogen) atoms. The maximum absolute atomic E-state index is 5.08. The zero-order valence-corrected chi connectivity index (χ0v) is 27.8. The molecule has 1 radical (unpaired) electrons. The fraction of sp³-hybridized carbons (Fsp3) is 0.211. The van der Waals surface area contributed by atoms with Crippen LogP contribution in [0.15, 0.2) is 103 Å². The van der Waals surface area contributed by atoms with E-state index in [1.54, 1.807) is 6.20 Å². The van der Waals surface area contributed by atoms with E-state index in [1.165, 1.54) is 11.1 Å². The van der Waals surface area contributed by atoms with Gasteiger partial charge in [0.1, 0.15) is 5.82 Å². The number of rotatable bonds is 4. The summed E-state index contributed by atoms with van der Waals surface area (Å²) in [5.41, 5.74) is 7.24. The summed E-state index contributed by atoms with van der Waals surface area (Å²) in [5, 5.41) is 2.02. The number of aromatic nitrogens is 4. The summed E-state index contributed by atoms with van der Waals surface area (Å²) >= 11 is 0. The van der Waals surface area contributed by atoms with Gasteiger partial charge in [0.25, 0.3) is 0 Å². The molecule has 6 rings (SSSR count). The molecular weight excluding hydrogens is 705 g/mol. The first kappa shape index (κ1) is 30.4. The van der Waals surface area contributed by atoms with Crippen LogP contribution in [0.2, 0.25) is 0 Å². The van der Waals surface area contributed by atoms with E-state index in [4.69, 9.17) is 15.0 Å². The van der Waals surface area contributed by atoms with Crippen LogP contribution in [0.25, 0.3) is 56.2 Å². The molecule has 0 atom stereocenters. The first-order chi connectivity index (χ1) is 20.1. The van der Waals surface area contributed by atoms with Crippen LogP contribution in [0, 0.1) is 6.07 Å². The molecule has 0 N–H and O–H groups in total. The third-order valence-corrected chi connectivity index (χ3v) is 7.61. The van der Waals surface area contributed by atoms with Gasteiger partial charge in [-0.15, -0.1) is 23.6 Å². The molecule has 6 aromatic rings. The van der Waals surface area contributed by atoms with Crippen LogP contribution in [0.5, 0.6) is 0 Å². The molecule has 0 aliphatic carbocycles. The number of nitrogens with zero attached hydrogens (tertiary/aromatic N) is 4. The van der Waals surface area contributed by atoms with Crippen molar-refractivity contribution in [3.63, 3.8) is 0 Å². The van der Waals surface area contributed by atoms with Crippen LogP contribution in [-0.4, -0.2) is 19.9 Å². The zero-order valence-electron chi connectivity index (χ0n) is 25.4. The second-order valence-corrected chi connectivity index (χ2v) is 12.8. The number of hydrogen-bond acceptors (Lipinski definition) is 4. The Labute approximate surface area is 268 Å². The Balaban J connectivity index is 0.00000368. The topological polar surface area (TPSA) is 51.6 Å². The van der Waals surface area contributed by atoms with Crippen LogP contribution in [0.1, 0.15) is 52.7 Å². The molecule has 4 nitrogen and oxygen atoms in total. The van der Waals surface area contributed by atoms with Gasteiger partial charge in [-0.1, -0.05) is 131 Å². The van der Waals surface area contributed by atoms with E-state index < -0.39 is 0 Å². The minimum absolute atomic E-state index is 0. The van der Waals surface area contributed by atoms with Crippen molar-refractivity contribution in [1.29, 1.82) is 0 Å². The van der Waals surface area contributed by atoms with E-state index in [-0.39, 0.29) is 30.9 Å². The van der Waals surface area contributed by atoms with Crippen molar-refractivity contribution in [2.45, 2.75) is 52.4 Å². The van der Waals surface area contributed by atoms with Gasteiger partial charge in [0.05, 0.1) is 0 Å². The Morgan fingerprint density at radius 3 is 1.58 bits per heavy atom. The molecule has 0 aliphatic rings. The van der Waals surface area contributed by atoms with E-state index in [0.717, 1.165) is 38.7 Å². The molecule has 0 unspecified atom stereocenters. The molecule has 0 saturated heterocycles. The Morgan fingerprint density at radius 2 is 1.07 bits per heavy atom. The Bertz CT molecular complexity index is 1790. The van der Waals surface area contributed by atoms with Crippen LogP contribution in [0.4, 0.5) is 0 Å². The Kier molecular flexibility index (Phi) is 8.42. The molecule has 0 spiro atoms. The smallest absolute Gasteiger partial charge is 0.164 e. The standard InChI is InChI=1S/C38H35N4.Ir/c1-37(2,3)29-18-14-25(15-19-29)34-40-35(26-16-20-30(21-17-26)38(4,5)6)42-36(41-34)32-24-28(33-13-9-10-22-39-33)23-27-11-7-8-12-31(27)32;/h7-22,24H,1-6H3;/q-1;. The van der Waals surface area contributed by atoms with E-state index in [9.17, 15) is 0 Å². The average Bonchev–Trinajstić information content (AvgIpc) is 3.00. The summed E-state index contributed by atoms with van der Waals surface area (Å²) in [6.07, 6.45) is 1.81. The molecular formula is C38H35IrN4-. The minimum Gasteiger partial charge on any atom is -0.295 e. The van der Waals surface area contributed by atoms with Gasteiger partial charge in [-0.3, -0.25) is 4.98 Å². The fourth-order valence-electron chi connectivity index (χ4n) is 5.07. The van der Waals surface area contributed by atoms with Crippen LogP contribution >= 0.6 is 0 Å². The van der Waals surface area contributed by atoms with Gasteiger partial charge in [0, 0.05) is 43.1 Å². The summed E-state index contributed by atoms with van der Waals surface area (Å²) in [5.74, 6) is 1.91. The maximum Gasteiger partial charge on any atom is 0.164 e. The zero-order chi connectivity index (χ0) is 29.5. The predicted molar refractivity (Wildman–Crippen MR) is 173 cm³/mol. The number of fused-ring (bicyclic) bond motifs is 1. The van der Waals surface area contributed by atoms with Gasteiger partial charge in [-0.2, -0.15) is 0 Å². The van der Waals surface area contributed by atoms with E-state index in [2.05, 4.69) is 119 Å². The number of pyridine rings is 1. The van der Waals surface area contributed by atoms with Gasteiger partial charge in [0.2, 0.25) is 0 Å². The molecule has 2 aromatic heterocycles. The Morgan fingerprint density at radius 1 is 0.558 bits per heavy atom. The largest absolute Gasteiger partial charge is 0.295 e. The first-order valence-corrected chi connectivity index (χ1v) is 14.4. The quantitative estimate of drug-likeness (QED) is 0.169. The van der Waals surface area contributed by atoms with Crippen molar-refractivity contribution in [2.24, 2.45) is 0 Å². The van der Waals surface area contributed by atoms with Gasteiger partial charge < -0.3 is 0 Å². The number of benzene rings is 4. The number of hydrogen-bond donors (Lipinski definition) is 0. The molecule has 217 valence electrons. The SMILES string of the molecule is CC(C)(C)c1ccc(-c2nc(-c3ccc(C(C)(C)C)cc3)nc(-c3cc(-c4ccccn4)[c-]c4ccccc34)n2)cc1.[Ir]. The predicted octanol–water partition coefficient (Wildman–Crippen LogP) is 9.48. The molecule has 0 bridgehead atoms. The van der Waals surface area contributed by atoms with Gasteiger partial charge in [-0.05, 0) is 33.6 Å². The van der Waals surface area contributed by atoms with E-state index in [0.29, 0.717) is 17.5 Å². The summed E-state index contributed by atoms with van der Waals surface area (Å²) < 4.78 is 0. The van der Waals surface area contributed by atoms with Crippen LogP contribution in [0.3, 0.4) is 0 Å². The molecule has 0 aliphatic heterocycles. The summed E-state index contributed by atoms with van der Waals surface area (Å²) in [6, 6.07) is 36.9. The summed E-state index contributed by atoms with van der Waals surface area (Å²) in [7, 11) is 0. The fourth-order valence-corrected chi connectivity index (χ4v) is 5.07. The Hall–Kier alpha value is -4.05. The second kappa shape index (κ2) is 11.9. The average molecular weight is 740 g/mol. The summed E-state index contributed by atoms with van der Waals surface area (Å²) in [6.45, 7) is 13.3. The van der Waals surface area contributed by atoms with Gasteiger partial charge in [0.15, 0.2) is 11.6 Å². The normalized spacial score (nSPS) is 11.8. The molecule has 0 saturated carbocycles. The monoisotopic (exact) mass is 740 g/mol. The van der Waals surface area contributed by atoms with Crippen LogP contribution < -0.4 is 0 Å². The van der Waals surface area contributed by atoms with Crippen molar-refractivity contribution >= 4 is 10.8 Å². The molecule has 2 heterocycles. The van der Waals surface area contributed by atoms with Crippen molar-refractivity contribution in [1.82, 2.24) is 19.9 Å². The van der Waals surface area contributed by atoms with E-state index in [1.807, 2.05) is 30.3 Å². The van der Waals surface area contributed by atoms with Gasteiger partial charge in [-0.25, -0.2) is 15.0 Å². The molecule has 5 heteroatoms. The maximum atomic E-state index is 5.08. The van der Waals surface area contributed by atoms with Crippen molar-refractivity contribution in [2.75, 3.05) is 0 Å². The van der Waals surface area contributed by atoms with Crippen molar-refractivity contribution in [3.8, 4) is 45.4 Å². The third kappa shape index (κ3) is 6.49. The van der Waals surface area contributed by atoms with Crippen molar-refractivity contribution < 1.29 is 20.1 Å². The molecule has 0 fully saturated rings. The first-order valence-electron chi connectivity index (χ1n) is 14.4. The third-order valence-electron chi connectivity index (χ3n) is 7.61. The van der Waals surface area contributed by atoms with Gasteiger partial charge >= 0.3 is 0 Å². The molecule has 4 aromatic carbocycles. The van der Waals surface area contributed by atoms with Crippen molar-refractivity contribution in [3.05, 3.63) is 120 Å². The minimum atomic E-state index is 0. The van der Waals surface area contributed by atoms with E-state index >= 15 is 0 Å². The molecule has 0 amide bonds.